The molecule has 28 heavy (non-hydrogen) atoms. The van der Waals surface area contributed by atoms with Crippen molar-refractivity contribution in [1.82, 2.24) is 15.6 Å². The van der Waals surface area contributed by atoms with Gasteiger partial charge in [0, 0.05) is 35.5 Å². The number of benzene rings is 2. The monoisotopic (exact) mass is 415 g/mol. The Labute approximate surface area is 173 Å². The number of hydrogen-bond acceptors (Lipinski definition) is 4. The molecule has 0 spiro atoms. The molecule has 0 unspecified atom stereocenters. The van der Waals surface area contributed by atoms with Crippen LogP contribution >= 0.6 is 22.9 Å². The maximum absolute atomic E-state index is 11.9. The highest BCUT2D eigenvalue weighted by Crippen LogP contribution is 2.25. The summed E-state index contributed by atoms with van der Waals surface area (Å²) in [7, 11) is 1.64. The number of urea groups is 1. The van der Waals surface area contributed by atoms with Crippen LogP contribution in [0.15, 0.2) is 53.9 Å². The van der Waals surface area contributed by atoms with Crippen LogP contribution in [0.25, 0.3) is 10.6 Å². The molecule has 1 heterocycles. The number of thiazole rings is 1. The van der Waals surface area contributed by atoms with Gasteiger partial charge in [-0.2, -0.15) is 0 Å². The van der Waals surface area contributed by atoms with E-state index in [4.69, 9.17) is 16.3 Å². The molecule has 2 amide bonds. The maximum Gasteiger partial charge on any atom is 0.314 e. The van der Waals surface area contributed by atoms with Crippen molar-refractivity contribution >= 4 is 29.0 Å². The summed E-state index contributed by atoms with van der Waals surface area (Å²) < 4.78 is 5.13. The molecular formula is C21H22ClN3O2S. The molecule has 0 fully saturated rings. The highest BCUT2D eigenvalue weighted by atomic mass is 35.5. The fourth-order valence-corrected chi connectivity index (χ4v) is 3.61. The van der Waals surface area contributed by atoms with Crippen LogP contribution in [0, 0.1) is 0 Å². The van der Waals surface area contributed by atoms with Crippen LogP contribution in [0.4, 0.5) is 4.79 Å². The van der Waals surface area contributed by atoms with E-state index in [9.17, 15) is 4.79 Å². The molecule has 0 aliphatic carbocycles. The van der Waals surface area contributed by atoms with Crippen LogP contribution in [-0.4, -0.2) is 31.2 Å². The molecule has 5 nitrogen and oxygen atoms in total. The standard InChI is InChI=1S/C21H22ClN3O2S/c1-27-19-8-2-15(3-9-19)10-12-23-21(26)24-13-11-18-14-28-20(25-18)16-4-6-17(22)7-5-16/h2-9,14H,10-13H2,1H3,(H2,23,24,26). The number of nitrogens with one attached hydrogen (secondary N) is 2. The molecule has 0 aliphatic rings. The van der Waals surface area contributed by atoms with Crippen LogP contribution in [0.3, 0.4) is 0 Å². The lowest BCUT2D eigenvalue weighted by Crippen LogP contribution is -2.37. The van der Waals surface area contributed by atoms with Crippen molar-refractivity contribution in [1.29, 1.82) is 0 Å². The van der Waals surface area contributed by atoms with Gasteiger partial charge >= 0.3 is 6.03 Å². The van der Waals surface area contributed by atoms with E-state index in [-0.39, 0.29) is 6.03 Å². The third kappa shape index (κ3) is 5.97. The van der Waals surface area contributed by atoms with Crippen molar-refractivity contribution in [3.63, 3.8) is 0 Å². The van der Waals surface area contributed by atoms with Crippen molar-refractivity contribution in [3.8, 4) is 16.3 Å². The zero-order chi connectivity index (χ0) is 19.8. The van der Waals surface area contributed by atoms with E-state index in [0.717, 1.165) is 34.0 Å². The summed E-state index contributed by atoms with van der Waals surface area (Å²) in [6.07, 6.45) is 1.46. The number of rotatable bonds is 8. The molecule has 0 radical (unpaired) electrons. The van der Waals surface area contributed by atoms with Crippen LogP contribution in [0.5, 0.6) is 5.75 Å². The third-order valence-corrected chi connectivity index (χ3v) is 5.36. The quantitative estimate of drug-likeness (QED) is 0.567. The van der Waals surface area contributed by atoms with Gasteiger partial charge in [-0.1, -0.05) is 35.9 Å². The Kier molecular flexibility index (Phi) is 7.28. The minimum atomic E-state index is -0.165. The van der Waals surface area contributed by atoms with Crippen LogP contribution in [0.2, 0.25) is 5.02 Å². The van der Waals surface area contributed by atoms with E-state index in [2.05, 4.69) is 15.6 Å². The number of ether oxygens (including phenoxy) is 1. The van der Waals surface area contributed by atoms with Gasteiger partial charge in [-0.05, 0) is 36.2 Å². The maximum atomic E-state index is 11.9. The first-order chi connectivity index (χ1) is 13.6. The number of carbonyl (C=O) groups is 1. The molecule has 3 aromatic rings. The van der Waals surface area contributed by atoms with Crippen molar-refractivity contribution in [2.45, 2.75) is 12.8 Å². The van der Waals surface area contributed by atoms with Gasteiger partial charge in [-0.25, -0.2) is 9.78 Å². The van der Waals surface area contributed by atoms with E-state index >= 15 is 0 Å². The largest absolute Gasteiger partial charge is 0.497 e. The van der Waals surface area contributed by atoms with Gasteiger partial charge in [0.25, 0.3) is 0 Å². The number of carbonyl (C=O) groups excluding carboxylic acids is 1. The Hall–Kier alpha value is -2.57. The van der Waals surface area contributed by atoms with Crippen LogP contribution in [0.1, 0.15) is 11.3 Å². The Morgan fingerprint density at radius 1 is 1.04 bits per heavy atom. The lowest BCUT2D eigenvalue weighted by atomic mass is 10.1. The average molecular weight is 416 g/mol. The number of aromatic nitrogens is 1. The Morgan fingerprint density at radius 2 is 1.71 bits per heavy atom. The zero-order valence-electron chi connectivity index (χ0n) is 15.6. The summed E-state index contributed by atoms with van der Waals surface area (Å²) in [4.78, 5) is 16.5. The second-order valence-electron chi connectivity index (χ2n) is 6.18. The van der Waals surface area contributed by atoms with Gasteiger partial charge in [0.15, 0.2) is 0 Å². The molecule has 0 bridgehead atoms. The topological polar surface area (TPSA) is 63.2 Å². The summed E-state index contributed by atoms with van der Waals surface area (Å²) in [6.45, 7) is 1.12. The summed E-state index contributed by atoms with van der Waals surface area (Å²) in [5.74, 6) is 0.829. The van der Waals surface area contributed by atoms with Crippen molar-refractivity contribution in [3.05, 3.63) is 70.2 Å². The normalized spacial score (nSPS) is 10.5. The summed E-state index contributed by atoms with van der Waals surface area (Å²) in [5.41, 5.74) is 3.16. The molecular weight excluding hydrogens is 394 g/mol. The Balaban J connectivity index is 1.36. The third-order valence-electron chi connectivity index (χ3n) is 4.17. The molecule has 0 saturated carbocycles. The highest BCUT2D eigenvalue weighted by molar-refractivity contribution is 7.13. The highest BCUT2D eigenvalue weighted by Gasteiger charge is 2.06. The number of nitrogens with zero attached hydrogens (tertiary/aromatic N) is 1. The van der Waals surface area contributed by atoms with E-state index in [1.807, 2.05) is 53.9 Å². The van der Waals surface area contributed by atoms with Crippen LogP contribution in [-0.2, 0) is 12.8 Å². The van der Waals surface area contributed by atoms with Gasteiger partial charge in [-0.3, -0.25) is 0 Å². The van der Waals surface area contributed by atoms with E-state index in [1.165, 1.54) is 0 Å². The predicted octanol–water partition coefficient (Wildman–Crippen LogP) is 4.56. The van der Waals surface area contributed by atoms with E-state index in [1.54, 1.807) is 18.4 Å². The molecule has 3 rings (SSSR count). The zero-order valence-corrected chi connectivity index (χ0v) is 17.1. The summed E-state index contributed by atoms with van der Waals surface area (Å²) >= 11 is 7.51. The SMILES string of the molecule is COc1ccc(CCNC(=O)NCCc2csc(-c3ccc(Cl)cc3)n2)cc1. The first kappa shape index (κ1) is 20.2. The predicted molar refractivity (Wildman–Crippen MR) is 114 cm³/mol. The van der Waals surface area contributed by atoms with Gasteiger partial charge in [-0.15, -0.1) is 11.3 Å². The molecule has 0 saturated heterocycles. The lowest BCUT2D eigenvalue weighted by molar-refractivity contribution is 0.241. The van der Waals surface area contributed by atoms with Gasteiger partial charge in [0.1, 0.15) is 10.8 Å². The number of hydrogen-bond donors (Lipinski definition) is 2. The van der Waals surface area contributed by atoms with Crippen molar-refractivity contribution in [2.24, 2.45) is 0 Å². The fraction of sp³-hybridized carbons (Fsp3) is 0.238. The van der Waals surface area contributed by atoms with Crippen molar-refractivity contribution in [2.75, 3.05) is 20.2 Å². The Bertz CT molecular complexity index is 895. The van der Waals surface area contributed by atoms with Crippen LogP contribution < -0.4 is 15.4 Å². The van der Waals surface area contributed by atoms with Gasteiger partial charge < -0.3 is 15.4 Å². The Morgan fingerprint density at radius 3 is 2.39 bits per heavy atom. The molecule has 146 valence electrons. The number of methoxy groups -OCH3 is 1. The lowest BCUT2D eigenvalue weighted by Gasteiger charge is -2.07. The molecule has 7 heteroatoms. The summed E-state index contributed by atoms with van der Waals surface area (Å²) in [6, 6.07) is 15.3. The first-order valence-corrected chi connectivity index (χ1v) is 10.2. The number of halogens is 1. The minimum absolute atomic E-state index is 0.165. The molecule has 2 aromatic carbocycles. The van der Waals surface area contributed by atoms with E-state index < -0.39 is 0 Å². The fourth-order valence-electron chi connectivity index (χ4n) is 2.63. The van der Waals surface area contributed by atoms with Gasteiger partial charge in [0.2, 0.25) is 0 Å². The van der Waals surface area contributed by atoms with Crippen molar-refractivity contribution < 1.29 is 9.53 Å². The minimum Gasteiger partial charge on any atom is -0.497 e. The second-order valence-corrected chi connectivity index (χ2v) is 7.48. The second kappa shape index (κ2) is 10.1. The van der Waals surface area contributed by atoms with E-state index in [0.29, 0.717) is 24.5 Å². The number of amides is 2. The molecule has 0 aliphatic heterocycles. The smallest absolute Gasteiger partial charge is 0.314 e. The molecule has 1 aromatic heterocycles. The van der Waals surface area contributed by atoms with Gasteiger partial charge in [0.05, 0.1) is 12.8 Å². The average Bonchev–Trinajstić information content (AvgIpc) is 3.18. The molecule has 0 atom stereocenters. The first-order valence-electron chi connectivity index (χ1n) is 8.99. The summed E-state index contributed by atoms with van der Waals surface area (Å²) in [5, 5.41) is 9.43. The molecule has 2 N–H and O–H groups in total.